The van der Waals surface area contributed by atoms with Crippen molar-refractivity contribution >= 4 is 35.2 Å². The van der Waals surface area contributed by atoms with Gasteiger partial charge in [-0.1, -0.05) is 29.8 Å². The topological polar surface area (TPSA) is 124 Å². The van der Waals surface area contributed by atoms with Crippen LogP contribution in [0.15, 0.2) is 53.8 Å². The number of nitrogens with one attached hydrogen (secondary N) is 1. The molecule has 37 heavy (non-hydrogen) atoms. The number of carbonyl (C=O) groups excluding carboxylic acids is 2. The van der Waals surface area contributed by atoms with Crippen molar-refractivity contribution in [1.29, 1.82) is 0 Å². The molecule has 0 bridgehead atoms. The van der Waals surface area contributed by atoms with E-state index in [1.54, 1.807) is 48.7 Å². The molecular formula is C24H24ClF2N5O5. The normalized spacial score (nSPS) is 19.9. The number of benzene rings is 1. The Balaban J connectivity index is 1.58. The van der Waals surface area contributed by atoms with Crippen molar-refractivity contribution < 1.29 is 33.0 Å². The van der Waals surface area contributed by atoms with E-state index in [4.69, 9.17) is 16.3 Å². The summed E-state index contributed by atoms with van der Waals surface area (Å²) < 4.78 is 31.9. The number of carbonyl (C=O) groups is 3. The number of halogens is 3. The summed E-state index contributed by atoms with van der Waals surface area (Å²) in [7, 11) is 0. The molecule has 4 rings (SSSR count). The highest BCUT2D eigenvalue weighted by molar-refractivity contribution is 6.32. The molecule has 0 aliphatic carbocycles. The molecule has 3 heterocycles. The summed E-state index contributed by atoms with van der Waals surface area (Å²) in [5.74, 6) is -1.02. The van der Waals surface area contributed by atoms with Crippen LogP contribution in [0.25, 0.3) is 0 Å². The third-order valence-electron chi connectivity index (χ3n) is 6.19. The Morgan fingerprint density at radius 2 is 1.97 bits per heavy atom. The Morgan fingerprint density at radius 1 is 1.22 bits per heavy atom. The fourth-order valence-electron chi connectivity index (χ4n) is 4.52. The number of hydrazone groups is 1. The van der Waals surface area contributed by atoms with E-state index in [0.29, 0.717) is 11.4 Å². The van der Waals surface area contributed by atoms with Crippen LogP contribution in [0.2, 0.25) is 5.02 Å². The fourth-order valence-corrected chi connectivity index (χ4v) is 4.71. The second-order valence-electron chi connectivity index (χ2n) is 8.66. The van der Waals surface area contributed by atoms with E-state index < -0.39 is 42.3 Å². The predicted molar refractivity (Wildman–Crippen MR) is 129 cm³/mol. The van der Waals surface area contributed by atoms with Gasteiger partial charge in [-0.2, -0.15) is 5.10 Å². The number of ether oxygens (including phenoxy) is 1. The largest absolute Gasteiger partial charge is 0.489 e. The van der Waals surface area contributed by atoms with Gasteiger partial charge >= 0.3 is 6.09 Å². The average molecular weight is 536 g/mol. The lowest BCUT2D eigenvalue weighted by Crippen LogP contribution is -2.60. The molecule has 13 heteroatoms. The van der Waals surface area contributed by atoms with Gasteiger partial charge in [-0.3, -0.25) is 14.6 Å². The SMILES string of the molecule is O=C(O)N[C@H](COc1ccccc1Cl)C(=O)N1CCC2=NN(CC(F)F)C(=O)[C@]2(Cc2ccccn2)C1. The van der Waals surface area contributed by atoms with Crippen molar-refractivity contribution in [2.24, 2.45) is 10.5 Å². The van der Waals surface area contributed by atoms with Gasteiger partial charge in [0.05, 0.1) is 10.7 Å². The van der Waals surface area contributed by atoms with Gasteiger partial charge < -0.3 is 20.1 Å². The Bertz CT molecular complexity index is 1200. The number of fused-ring (bicyclic) bond motifs is 1. The molecule has 2 atom stereocenters. The van der Waals surface area contributed by atoms with E-state index in [1.807, 2.05) is 0 Å². The number of nitrogens with zero attached hydrogens (tertiary/aromatic N) is 4. The van der Waals surface area contributed by atoms with Crippen LogP contribution in [-0.2, 0) is 16.0 Å². The third-order valence-corrected chi connectivity index (χ3v) is 6.50. The van der Waals surface area contributed by atoms with E-state index >= 15 is 0 Å². The Labute approximate surface area is 215 Å². The Morgan fingerprint density at radius 3 is 2.65 bits per heavy atom. The minimum Gasteiger partial charge on any atom is -0.489 e. The molecule has 196 valence electrons. The molecule has 10 nitrogen and oxygen atoms in total. The fraction of sp³-hybridized carbons (Fsp3) is 0.375. The van der Waals surface area contributed by atoms with Crippen molar-refractivity contribution in [1.82, 2.24) is 20.2 Å². The van der Waals surface area contributed by atoms with Gasteiger partial charge in [0.25, 0.3) is 12.3 Å². The number of hydrogen-bond acceptors (Lipinski definition) is 6. The molecule has 1 fully saturated rings. The zero-order valence-electron chi connectivity index (χ0n) is 19.5. The molecule has 2 aromatic rings. The summed E-state index contributed by atoms with van der Waals surface area (Å²) >= 11 is 6.09. The smallest absolute Gasteiger partial charge is 0.405 e. The van der Waals surface area contributed by atoms with Crippen molar-refractivity contribution in [3.8, 4) is 5.75 Å². The van der Waals surface area contributed by atoms with Crippen LogP contribution in [0.1, 0.15) is 12.1 Å². The highest BCUT2D eigenvalue weighted by Gasteiger charge is 2.55. The first kappa shape index (κ1) is 26.3. The molecule has 2 aliphatic rings. The summed E-state index contributed by atoms with van der Waals surface area (Å²) in [6.07, 6.45) is -2.49. The van der Waals surface area contributed by atoms with Gasteiger partial charge in [-0.25, -0.2) is 18.6 Å². The lowest BCUT2D eigenvalue weighted by molar-refractivity contribution is -0.142. The molecular weight excluding hydrogens is 512 g/mol. The van der Waals surface area contributed by atoms with Gasteiger partial charge in [0.1, 0.15) is 30.4 Å². The van der Waals surface area contributed by atoms with Gasteiger partial charge in [0, 0.05) is 37.8 Å². The third kappa shape index (κ3) is 5.79. The van der Waals surface area contributed by atoms with Crippen LogP contribution in [0.3, 0.4) is 0 Å². The summed E-state index contributed by atoms with van der Waals surface area (Å²) in [5, 5.41) is 16.7. The molecule has 0 spiro atoms. The summed E-state index contributed by atoms with van der Waals surface area (Å²) in [6, 6.07) is 10.3. The van der Waals surface area contributed by atoms with Crippen LogP contribution >= 0.6 is 11.6 Å². The maximum absolute atomic E-state index is 13.5. The van der Waals surface area contributed by atoms with E-state index in [2.05, 4.69) is 15.4 Å². The van der Waals surface area contributed by atoms with Crippen molar-refractivity contribution in [3.05, 3.63) is 59.4 Å². The van der Waals surface area contributed by atoms with Gasteiger partial charge in [0.15, 0.2) is 0 Å². The molecule has 2 aliphatic heterocycles. The molecule has 1 aromatic heterocycles. The first-order valence-electron chi connectivity index (χ1n) is 11.4. The Hall–Kier alpha value is -3.80. The molecule has 0 radical (unpaired) electrons. The average Bonchev–Trinajstić information content (AvgIpc) is 3.12. The molecule has 2 N–H and O–H groups in total. The molecule has 0 unspecified atom stereocenters. The second kappa shape index (κ2) is 11.1. The first-order valence-corrected chi connectivity index (χ1v) is 11.8. The van der Waals surface area contributed by atoms with Crippen LogP contribution in [0, 0.1) is 5.41 Å². The maximum Gasteiger partial charge on any atom is 0.405 e. The maximum atomic E-state index is 13.5. The minimum absolute atomic E-state index is 0.0438. The van der Waals surface area contributed by atoms with Crippen molar-refractivity contribution in [2.75, 3.05) is 26.2 Å². The van der Waals surface area contributed by atoms with E-state index in [1.165, 1.54) is 4.90 Å². The number of likely N-dealkylation sites (tertiary alicyclic amines) is 1. The van der Waals surface area contributed by atoms with Crippen LogP contribution < -0.4 is 10.1 Å². The first-order chi connectivity index (χ1) is 17.7. The lowest BCUT2D eigenvalue weighted by atomic mass is 9.74. The van der Waals surface area contributed by atoms with Crippen LogP contribution in [-0.4, -0.2) is 82.3 Å². The molecule has 3 amide bonds. The van der Waals surface area contributed by atoms with Crippen molar-refractivity contribution in [2.45, 2.75) is 25.3 Å². The lowest BCUT2D eigenvalue weighted by Gasteiger charge is -2.40. The second-order valence-corrected chi connectivity index (χ2v) is 9.07. The van der Waals surface area contributed by atoms with Crippen LogP contribution in [0.5, 0.6) is 5.75 Å². The minimum atomic E-state index is -2.79. The molecule has 0 saturated carbocycles. The number of carboxylic acid groups (broad SMARTS) is 1. The zero-order chi connectivity index (χ0) is 26.6. The van der Waals surface area contributed by atoms with E-state index in [0.717, 1.165) is 5.01 Å². The number of piperidine rings is 1. The Kier molecular flexibility index (Phi) is 7.86. The van der Waals surface area contributed by atoms with E-state index in [9.17, 15) is 28.3 Å². The highest BCUT2D eigenvalue weighted by Crippen LogP contribution is 2.38. The number of alkyl halides is 2. The van der Waals surface area contributed by atoms with Gasteiger partial charge in [-0.05, 0) is 24.3 Å². The quantitative estimate of drug-likeness (QED) is 0.509. The van der Waals surface area contributed by atoms with E-state index in [-0.39, 0.29) is 43.3 Å². The monoisotopic (exact) mass is 535 g/mol. The van der Waals surface area contributed by atoms with Gasteiger partial charge in [0.2, 0.25) is 5.91 Å². The number of amides is 3. The molecule has 1 aromatic carbocycles. The summed E-state index contributed by atoms with van der Waals surface area (Å²) in [4.78, 5) is 43.9. The summed E-state index contributed by atoms with van der Waals surface area (Å²) in [5.41, 5.74) is -0.476. The number of rotatable bonds is 9. The standard InChI is InChI=1S/C24H24ClF2N5O5/c25-16-6-1-2-7-18(16)37-13-17(29-23(35)36)21(33)31-10-8-19-24(14-31,11-15-5-3-4-9-28-15)22(34)32(30-19)12-20(26)27/h1-7,9,17,20,29H,8,10-14H2,(H,35,36)/t17-,24-/m1/s1. The van der Waals surface area contributed by atoms with Crippen molar-refractivity contribution in [3.63, 3.8) is 0 Å². The summed E-state index contributed by atoms with van der Waals surface area (Å²) in [6.45, 7) is -1.29. The van der Waals surface area contributed by atoms with Crippen LogP contribution in [0.4, 0.5) is 13.6 Å². The predicted octanol–water partition coefficient (Wildman–Crippen LogP) is 2.67. The number of pyridine rings is 1. The number of hydrogen-bond donors (Lipinski definition) is 2. The number of aromatic nitrogens is 1. The molecule has 1 saturated heterocycles. The number of para-hydroxylation sites is 1. The zero-order valence-corrected chi connectivity index (χ0v) is 20.3. The van der Waals surface area contributed by atoms with Gasteiger partial charge in [-0.15, -0.1) is 0 Å². The highest BCUT2D eigenvalue weighted by atomic mass is 35.5.